The number of anilines is 1. The molecule has 0 aliphatic carbocycles. The summed E-state index contributed by atoms with van der Waals surface area (Å²) in [4.78, 5) is 11.0. The van der Waals surface area contributed by atoms with E-state index in [4.69, 9.17) is 5.73 Å². The third-order valence-electron chi connectivity index (χ3n) is 7.78. The molecule has 12 nitrogen and oxygen atoms in total. The Hall–Kier alpha value is -4.18. The van der Waals surface area contributed by atoms with Crippen LogP contribution in [0.3, 0.4) is 0 Å². The second-order valence-electron chi connectivity index (χ2n) is 11.0. The molecule has 240 valence electrons. The van der Waals surface area contributed by atoms with Crippen LogP contribution in [0.2, 0.25) is 0 Å². The van der Waals surface area contributed by atoms with E-state index in [-0.39, 0.29) is 81.1 Å². The molecule has 0 saturated heterocycles. The van der Waals surface area contributed by atoms with Gasteiger partial charge in [-0.2, -0.15) is 23.8 Å². The minimum Gasteiger partial charge on any atom is -0.871 e. The molecule has 6 rings (SSSR count). The molecule has 0 aliphatic rings. The van der Waals surface area contributed by atoms with Crippen molar-refractivity contribution in [1.82, 2.24) is 0 Å². The van der Waals surface area contributed by atoms with E-state index in [1.54, 1.807) is 49.4 Å². The van der Waals surface area contributed by atoms with Crippen LogP contribution in [-0.2, 0) is 10.1 Å². The Balaban J connectivity index is 0.00000281. The summed E-state index contributed by atoms with van der Waals surface area (Å²) in [6.45, 7) is 3.59. The molecular weight excluding hydrogens is 680 g/mol. The Bertz CT molecular complexity index is 2490. The standard InChI is InChI=1S/C35H27N5O7S.2Na/c1-18-13-20(8-11-28(18)37-39-31-25-6-4-3-5-22(25)15-27(34(31)42)35(43)44)21-9-12-29(19(2)14-21)38-40-32-30(48(45,46)47)16-23-7-10-24(36)17-26(23)33(32)41;;/h3-17,41-42H,36H2,1-2H3,(H,43,44)(H,45,46,47);;/q;2*+1/p-2. The van der Waals surface area contributed by atoms with Crippen molar-refractivity contribution >= 4 is 66.1 Å². The fourth-order valence-electron chi connectivity index (χ4n) is 5.31. The fourth-order valence-corrected chi connectivity index (χ4v) is 5.96. The normalized spacial score (nSPS) is 11.6. The summed E-state index contributed by atoms with van der Waals surface area (Å²) in [6.07, 6.45) is 0. The maximum absolute atomic E-state index is 13.2. The number of nitrogens with zero attached hydrogens (tertiary/aromatic N) is 4. The summed E-state index contributed by atoms with van der Waals surface area (Å²) < 4.78 is 34.0. The zero-order chi connectivity index (χ0) is 34.3. The number of azo groups is 2. The fraction of sp³-hybridized carbons (Fsp3) is 0.0571. The minimum absolute atomic E-state index is 0. The Morgan fingerprint density at radius 1 is 0.680 bits per heavy atom. The average molecular weight is 706 g/mol. The number of carboxylic acid groups (broad SMARTS) is 1. The Kier molecular flexibility index (Phi) is 11.9. The largest absolute Gasteiger partial charge is 1.00 e. The number of benzene rings is 6. The first kappa shape index (κ1) is 38.6. The van der Waals surface area contributed by atoms with Crippen LogP contribution in [0.5, 0.6) is 11.5 Å². The molecule has 0 aliphatic heterocycles. The Labute approximate surface area is 330 Å². The van der Waals surface area contributed by atoms with E-state index in [0.29, 0.717) is 33.4 Å². The van der Waals surface area contributed by atoms with Crippen molar-refractivity contribution in [3.8, 4) is 22.6 Å². The summed E-state index contributed by atoms with van der Waals surface area (Å²) in [5, 5.41) is 53.5. The Morgan fingerprint density at radius 2 is 1.24 bits per heavy atom. The SMILES string of the molecule is Cc1cc(-c2ccc(N=Nc3c([O-])c(C(=O)O)cc4ccccc34)c(C)c2)ccc1N=Nc1c(S(=O)(=O)O)cc2ccc(N)cc2c1[O-].[Na+].[Na+]. The maximum atomic E-state index is 13.2. The van der Waals surface area contributed by atoms with Crippen molar-refractivity contribution < 1.29 is 92.2 Å². The average Bonchev–Trinajstić information content (AvgIpc) is 3.04. The molecule has 50 heavy (non-hydrogen) atoms. The molecule has 0 spiro atoms. The quantitative estimate of drug-likeness (QED) is 0.0962. The van der Waals surface area contributed by atoms with Crippen LogP contribution in [-0.4, -0.2) is 24.0 Å². The second kappa shape index (κ2) is 15.4. The van der Waals surface area contributed by atoms with Crippen LogP contribution in [0.4, 0.5) is 28.4 Å². The minimum atomic E-state index is -4.80. The van der Waals surface area contributed by atoms with E-state index in [1.165, 1.54) is 24.3 Å². The van der Waals surface area contributed by atoms with Crippen molar-refractivity contribution in [2.75, 3.05) is 5.73 Å². The number of hydrogen-bond donors (Lipinski definition) is 3. The number of hydrogen-bond acceptors (Lipinski definition) is 10. The van der Waals surface area contributed by atoms with E-state index < -0.39 is 38.2 Å². The van der Waals surface area contributed by atoms with Gasteiger partial charge in [-0.3, -0.25) is 4.55 Å². The molecule has 0 fully saturated rings. The predicted octanol–water partition coefficient (Wildman–Crippen LogP) is 1.79. The maximum Gasteiger partial charge on any atom is 1.00 e. The number of fused-ring (bicyclic) bond motifs is 2. The van der Waals surface area contributed by atoms with Gasteiger partial charge in [0.2, 0.25) is 0 Å². The smallest absolute Gasteiger partial charge is 0.871 e. The summed E-state index contributed by atoms with van der Waals surface area (Å²) in [7, 11) is -4.80. The number of nitrogen functional groups attached to an aromatic ring is 1. The van der Waals surface area contributed by atoms with Crippen molar-refractivity contribution in [3.05, 3.63) is 108 Å². The molecule has 0 atom stereocenters. The van der Waals surface area contributed by atoms with Gasteiger partial charge in [-0.1, -0.05) is 54.0 Å². The third kappa shape index (κ3) is 7.75. The summed E-state index contributed by atoms with van der Waals surface area (Å²) in [5.41, 5.74) is 9.00. The van der Waals surface area contributed by atoms with Gasteiger partial charge in [0.25, 0.3) is 10.1 Å². The number of aromatic carboxylic acids is 1. The molecule has 15 heteroatoms. The first-order chi connectivity index (χ1) is 22.8. The zero-order valence-corrected chi connectivity index (χ0v) is 32.2. The van der Waals surface area contributed by atoms with Crippen LogP contribution in [0.1, 0.15) is 21.5 Å². The van der Waals surface area contributed by atoms with Crippen LogP contribution >= 0.6 is 0 Å². The molecule has 0 radical (unpaired) electrons. The van der Waals surface area contributed by atoms with E-state index >= 15 is 0 Å². The van der Waals surface area contributed by atoms with Gasteiger partial charge >= 0.3 is 65.1 Å². The molecule has 0 heterocycles. The predicted molar refractivity (Wildman–Crippen MR) is 178 cm³/mol. The third-order valence-corrected chi connectivity index (χ3v) is 8.65. The van der Waals surface area contributed by atoms with Crippen LogP contribution < -0.4 is 75.1 Å². The molecule has 6 aromatic rings. The molecule has 6 aromatic carbocycles. The monoisotopic (exact) mass is 705 g/mol. The topological polar surface area (TPSA) is 213 Å². The molecule has 4 N–H and O–H groups in total. The van der Waals surface area contributed by atoms with Crippen molar-refractivity contribution in [2.45, 2.75) is 18.7 Å². The van der Waals surface area contributed by atoms with E-state index in [1.807, 2.05) is 25.1 Å². The Morgan fingerprint density at radius 3 is 1.80 bits per heavy atom. The second-order valence-corrected chi connectivity index (χ2v) is 12.4. The molecule has 0 saturated carbocycles. The number of carboxylic acids is 1. The van der Waals surface area contributed by atoms with Crippen LogP contribution in [0, 0.1) is 13.8 Å². The van der Waals surface area contributed by atoms with Gasteiger partial charge in [-0.15, -0.1) is 5.11 Å². The first-order valence-corrected chi connectivity index (χ1v) is 15.8. The zero-order valence-electron chi connectivity index (χ0n) is 27.4. The molecule has 0 unspecified atom stereocenters. The number of nitrogens with two attached hydrogens (primary N) is 1. The van der Waals surface area contributed by atoms with Crippen molar-refractivity contribution in [3.63, 3.8) is 0 Å². The van der Waals surface area contributed by atoms with Gasteiger partial charge < -0.3 is 21.1 Å². The van der Waals surface area contributed by atoms with Crippen LogP contribution in [0.25, 0.3) is 32.7 Å². The van der Waals surface area contributed by atoms with Gasteiger partial charge in [0.15, 0.2) is 0 Å². The number of aryl methyl sites for hydroxylation is 2. The van der Waals surface area contributed by atoms with Crippen molar-refractivity contribution in [2.24, 2.45) is 20.5 Å². The van der Waals surface area contributed by atoms with Gasteiger partial charge in [-0.25, -0.2) is 4.79 Å². The van der Waals surface area contributed by atoms with Gasteiger partial charge in [0.05, 0.1) is 28.3 Å². The number of rotatable bonds is 7. The van der Waals surface area contributed by atoms with E-state index in [0.717, 1.165) is 22.8 Å². The van der Waals surface area contributed by atoms with E-state index in [9.17, 15) is 33.1 Å². The molecular formula is C35H25N5Na2O7S. The molecule has 0 bridgehead atoms. The number of carbonyl (C=O) groups is 1. The summed E-state index contributed by atoms with van der Waals surface area (Å²) in [6, 6.07) is 24.4. The first-order valence-electron chi connectivity index (χ1n) is 14.3. The van der Waals surface area contributed by atoms with Crippen LogP contribution in [0.15, 0.2) is 116 Å². The van der Waals surface area contributed by atoms with Gasteiger partial charge in [0, 0.05) is 11.1 Å². The van der Waals surface area contributed by atoms with Crippen molar-refractivity contribution in [1.29, 1.82) is 0 Å². The summed E-state index contributed by atoms with van der Waals surface area (Å²) in [5.74, 6) is -2.81. The van der Waals surface area contributed by atoms with Gasteiger partial charge in [-0.05, 0) is 101 Å². The summed E-state index contributed by atoms with van der Waals surface area (Å²) >= 11 is 0. The molecule has 0 aromatic heterocycles. The van der Waals surface area contributed by atoms with E-state index in [2.05, 4.69) is 20.5 Å². The molecule has 0 amide bonds. The van der Waals surface area contributed by atoms with Gasteiger partial charge in [0.1, 0.15) is 4.90 Å².